The summed E-state index contributed by atoms with van der Waals surface area (Å²) >= 11 is 6.03. The Bertz CT molecular complexity index is 1150. The summed E-state index contributed by atoms with van der Waals surface area (Å²) < 4.78 is 41.8. The van der Waals surface area contributed by atoms with E-state index >= 15 is 0 Å². The van der Waals surface area contributed by atoms with Crippen molar-refractivity contribution in [3.8, 4) is 11.5 Å². The van der Waals surface area contributed by atoms with Crippen LogP contribution in [0.15, 0.2) is 36.5 Å². The van der Waals surface area contributed by atoms with Crippen LogP contribution < -0.4 is 0 Å². The standard InChI is InChI=1S/C20H16ClF3N6O/c21-16-12(5-2-6-13(16)20(22,23)24)19(31)30-11-4-1-8-15(30)18-28-27-17(29(18)10-11)14-7-3-9-25-26-14/h2-3,5-7,9,11,15H,1,4,8,10H2/t11-,15+/m1/s1. The molecule has 4 heterocycles. The summed E-state index contributed by atoms with van der Waals surface area (Å²) in [6, 6.07) is 6.33. The van der Waals surface area contributed by atoms with Crippen LogP contribution in [0.4, 0.5) is 13.2 Å². The maximum atomic E-state index is 13.4. The highest BCUT2D eigenvalue weighted by Crippen LogP contribution is 2.42. The SMILES string of the molecule is O=C(c1cccc(C(F)(F)F)c1Cl)N1[C@@H]2CCC[C@H]1c1nnc(-c3cccnn3)n1C2. The van der Waals surface area contributed by atoms with Crippen LogP contribution in [0.5, 0.6) is 0 Å². The number of halogens is 4. The van der Waals surface area contributed by atoms with Crippen LogP contribution in [0, 0.1) is 0 Å². The minimum Gasteiger partial charge on any atom is -0.324 e. The molecule has 2 bridgehead atoms. The number of aromatic nitrogens is 5. The van der Waals surface area contributed by atoms with Crippen LogP contribution in [0.2, 0.25) is 5.02 Å². The highest BCUT2D eigenvalue weighted by Gasteiger charge is 2.44. The van der Waals surface area contributed by atoms with Gasteiger partial charge >= 0.3 is 6.18 Å². The Labute approximate surface area is 179 Å². The maximum absolute atomic E-state index is 13.4. The number of alkyl halides is 3. The van der Waals surface area contributed by atoms with Gasteiger partial charge in [-0.15, -0.1) is 15.3 Å². The molecule has 1 fully saturated rings. The minimum absolute atomic E-state index is 0.157. The van der Waals surface area contributed by atoms with Gasteiger partial charge in [-0.1, -0.05) is 17.7 Å². The Hall–Kier alpha value is -3.01. The summed E-state index contributed by atoms with van der Waals surface area (Å²) in [4.78, 5) is 15.0. The number of hydrogen-bond donors (Lipinski definition) is 0. The van der Waals surface area contributed by atoms with E-state index in [9.17, 15) is 18.0 Å². The summed E-state index contributed by atoms with van der Waals surface area (Å²) in [7, 11) is 0. The molecule has 0 spiro atoms. The minimum atomic E-state index is -4.64. The molecule has 160 valence electrons. The van der Waals surface area contributed by atoms with Crippen molar-refractivity contribution in [3.05, 3.63) is 58.5 Å². The maximum Gasteiger partial charge on any atom is 0.417 e. The number of carbonyl (C=O) groups is 1. The number of carbonyl (C=O) groups excluding carboxylic acids is 1. The highest BCUT2D eigenvalue weighted by atomic mass is 35.5. The van der Waals surface area contributed by atoms with Crippen molar-refractivity contribution < 1.29 is 18.0 Å². The Balaban J connectivity index is 1.55. The van der Waals surface area contributed by atoms with Crippen molar-refractivity contribution in [2.24, 2.45) is 0 Å². The third kappa shape index (κ3) is 3.25. The van der Waals surface area contributed by atoms with Crippen molar-refractivity contribution in [1.82, 2.24) is 29.9 Å². The van der Waals surface area contributed by atoms with E-state index in [1.807, 2.05) is 4.57 Å². The van der Waals surface area contributed by atoms with Gasteiger partial charge in [0.2, 0.25) is 0 Å². The molecule has 0 N–H and O–H groups in total. The van der Waals surface area contributed by atoms with Crippen LogP contribution >= 0.6 is 11.6 Å². The summed E-state index contributed by atoms with van der Waals surface area (Å²) in [5.74, 6) is 0.623. The Kier molecular flexibility index (Phi) is 4.69. The third-order valence-corrected chi connectivity index (χ3v) is 6.19. The lowest BCUT2D eigenvalue weighted by Gasteiger charge is -2.45. The van der Waals surface area contributed by atoms with Gasteiger partial charge in [0.1, 0.15) is 5.69 Å². The van der Waals surface area contributed by atoms with Gasteiger partial charge in [-0.25, -0.2) is 0 Å². The molecule has 3 aromatic rings. The second-order valence-electron chi connectivity index (χ2n) is 7.58. The first-order chi connectivity index (χ1) is 14.9. The fourth-order valence-electron chi connectivity index (χ4n) is 4.44. The molecule has 2 aromatic heterocycles. The number of fused-ring (bicyclic) bond motifs is 4. The van der Waals surface area contributed by atoms with E-state index < -0.39 is 28.7 Å². The van der Waals surface area contributed by atoms with Crippen molar-refractivity contribution in [2.75, 3.05) is 0 Å². The molecule has 1 amide bonds. The number of benzene rings is 1. The average molecular weight is 449 g/mol. The Morgan fingerprint density at radius 1 is 1.10 bits per heavy atom. The number of nitrogens with zero attached hydrogens (tertiary/aromatic N) is 6. The molecular weight excluding hydrogens is 433 g/mol. The van der Waals surface area contributed by atoms with Crippen LogP contribution in [0.25, 0.3) is 11.5 Å². The first-order valence-corrected chi connectivity index (χ1v) is 10.1. The van der Waals surface area contributed by atoms with E-state index in [4.69, 9.17) is 11.6 Å². The summed E-state index contributed by atoms with van der Waals surface area (Å²) in [5, 5.41) is 15.9. The summed E-state index contributed by atoms with van der Waals surface area (Å²) in [6.07, 6.45) is -0.849. The molecule has 11 heteroatoms. The molecule has 0 radical (unpaired) electrons. The van der Waals surface area contributed by atoms with Gasteiger partial charge in [0, 0.05) is 12.7 Å². The van der Waals surface area contributed by atoms with Gasteiger partial charge in [0.05, 0.1) is 28.2 Å². The lowest BCUT2D eigenvalue weighted by atomic mass is 9.90. The molecule has 2 aliphatic heterocycles. The molecular formula is C20H16ClF3N6O. The highest BCUT2D eigenvalue weighted by molar-refractivity contribution is 6.34. The Morgan fingerprint density at radius 3 is 2.68 bits per heavy atom. The number of rotatable bonds is 2. The van der Waals surface area contributed by atoms with Gasteiger partial charge in [0.15, 0.2) is 11.6 Å². The van der Waals surface area contributed by atoms with Crippen molar-refractivity contribution in [2.45, 2.75) is 44.1 Å². The molecule has 2 aliphatic rings. The lowest BCUT2D eigenvalue weighted by molar-refractivity contribution is -0.137. The van der Waals surface area contributed by atoms with Gasteiger partial charge in [-0.2, -0.15) is 18.3 Å². The predicted molar refractivity (Wildman–Crippen MR) is 104 cm³/mol. The molecule has 5 rings (SSSR count). The zero-order chi connectivity index (χ0) is 21.8. The predicted octanol–water partition coefficient (Wildman–Crippen LogP) is 4.16. The lowest BCUT2D eigenvalue weighted by Crippen LogP contribution is -2.52. The van der Waals surface area contributed by atoms with Gasteiger partial charge < -0.3 is 9.47 Å². The van der Waals surface area contributed by atoms with Crippen LogP contribution in [0.1, 0.15) is 47.1 Å². The van der Waals surface area contributed by atoms with Gasteiger partial charge in [-0.05, 0) is 43.5 Å². The number of piperidine rings is 1. The monoisotopic (exact) mass is 448 g/mol. The first-order valence-electron chi connectivity index (χ1n) is 9.76. The van der Waals surface area contributed by atoms with Crippen LogP contribution in [-0.2, 0) is 12.7 Å². The summed E-state index contributed by atoms with van der Waals surface area (Å²) in [6.45, 7) is 0.424. The molecule has 7 nitrogen and oxygen atoms in total. The van der Waals surface area contributed by atoms with Gasteiger partial charge in [0.25, 0.3) is 5.91 Å². The molecule has 0 aliphatic carbocycles. The molecule has 31 heavy (non-hydrogen) atoms. The molecule has 2 atom stereocenters. The average Bonchev–Trinajstić information content (AvgIpc) is 3.16. The van der Waals surface area contributed by atoms with E-state index in [2.05, 4.69) is 20.4 Å². The molecule has 0 saturated carbocycles. The zero-order valence-corrected chi connectivity index (χ0v) is 16.8. The zero-order valence-electron chi connectivity index (χ0n) is 16.1. The van der Waals surface area contributed by atoms with Crippen molar-refractivity contribution >= 4 is 17.5 Å². The topological polar surface area (TPSA) is 76.8 Å². The normalized spacial score (nSPS) is 20.5. The van der Waals surface area contributed by atoms with E-state index in [0.29, 0.717) is 30.3 Å². The van der Waals surface area contributed by atoms with Crippen LogP contribution in [-0.4, -0.2) is 41.8 Å². The molecule has 1 saturated heterocycles. The van der Waals surface area contributed by atoms with E-state index in [1.165, 1.54) is 12.1 Å². The molecule has 0 unspecified atom stereocenters. The van der Waals surface area contributed by atoms with Gasteiger partial charge in [-0.3, -0.25) is 4.79 Å². The fraction of sp³-hybridized carbons (Fsp3) is 0.350. The van der Waals surface area contributed by atoms with E-state index in [1.54, 1.807) is 23.2 Å². The number of amides is 1. The fourth-order valence-corrected chi connectivity index (χ4v) is 4.75. The molecule has 1 aromatic carbocycles. The van der Waals surface area contributed by atoms with Crippen LogP contribution in [0.3, 0.4) is 0 Å². The number of hydrogen-bond acceptors (Lipinski definition) is 5. The largest absolute Gasteiger partial charge is 0.417 e. The second kappa shape index (κ2) is 7.30. The van der Waals surface area contributed by atoms with Crippen molar-refractivity contribution in [3.63, 3.8) is 0 Å². The quantitative estimate of drug-likeness (QED) is 0.588. The first kappa shape index (κ1) is 19.9. The smallest absolute Gasteiger partial charge is 0.324 e. The van der Waals surface area contributed by atoms with E-state index in [0.717, 1.165) is 18.9 Å². The van der Waals surface area contributed by atoms with Crippen molar-refractivity contribution in [1.29, 1.82) is 0 Å². The van der Waals surface area contributed by atoms with E-state index in [-0.39, 0.29) is 11.6 Å². The third-order valence-electron chi connectivity index (χ3n) is 5.79. The Morgan fingerprint density at radius 2 is 1.94 bits per heavy atom. The second-order valence-corrected chi connectivity index (χ2v) is 7.96. The summed E-state index contributed by atoms with van der Waals surface area (Å²) in [5.41, 5.74) is -0.606.